The highest BCUT2D eigenvalue weighted by Gasteiger charge is 2.29. The van der Waals surface area contributed by atoms with Gasteiger partial charge in [-0.3, -0.25) is 4.55 Å². The zero-order chi connectivity index (χ0) is 17.2. The van der Waals surface area contributed by atoms with Crippen LogP contribution >= 0.6 is 0 Å². The highest BCUT2D eigenvalue weighted by molar-refractivity contribution is 7.85. The first kappa shape index (κ1) is 15.4. The van der Waals surface area contributed by atoms with Gasteiger partial charge in [0, 0.05) is 24.5 Å². The number of hydrogen-bond donors (Lipinski definition) is 1. The van der Waals surface area contributed by atoms with Crippen molar-refractivity contribution in [3.63, 3.8) is 0 Å². The second-order valence-electron chi connectivity index (χ2n) is 6.49. The number of nitrogens with zero attached hydrogens (tertiary/aromatic N) is 3. The number of aromatic nitrogens is 3. The van der Waals surface area contributed by atoms with Crippen LogP contribution in [0.5, 0.6) is 0 Å². The Bertz CT molecular complexity index is 1090. The molecule has 1 aromatic carbocycles. The quantitative estimate of drug-likeness (QED) is 0.724. The average Bonchev–Trinajstić information content (AvgIpc) is 2.94. The van der Waals surface area contributed by atoms with E-state index in [1.54, 1.807) is 0 Å². The van der Waals surface area contributed by atoms with Crippen molar-refractivity contribution in [2.45, 2.75) is 32.6 Å². The standard InChI is InChI=1S/C17H19N3O3S/c1-10-4-5-15-13(8-10)12-6-7-20-11(2)18-14(9-24(21,22)23)17(20)16(12)19(15)3/h4-5,8H,6-7,9H2,1-3H3,(H,21,22,23). The van der Waals surface area contributed by atoms with E-state index in [9.17, 15) is 13.0 Å². The average molecular weight is 345 g/mol. The van der Waals surface area contributed by atoms with Crippen LogP contribution in [0, 0.1) is 13.8 Å². The predicted molar refractivity (Wildman–Crippen MR) is 92.6 cm³/mol. The van der Waals surface area contributed by atoms with Gasteiger partial charge in [0.25, 0.3) is 10.1 Å². The van der Waals surface area contributed by atoms with E-state index in [0.717, 1.165) is 35.7 Å². The molecule has 126 valence electrons. The molecule has 0 fully saturated rings. The normalized spacial score (nSPS) is 14.0. The Hall–Kier alpha value is -2.12. The Morgan fingerprint density at radius 1 is 1.25 bits per heavy atom. The molecule has 0 unspecified atom stereocenters. The van der Waals surface area contributed by atoms with E-state index in [-0.39, 0.29) is 0 Å². The summed E-state index contributed by atoms with van der Waals surface area (Å²) in [6, 6.07) is 6.35. The van der Waals surface area contributed by atoms with E-state index in [1.165, 1.54) is 16.5 Å². The van der Waals surface area contributed by atoms with Crippen LogP contribution in [0.15, 0.2) is 18.2 Å². The van der Waals surface area contributed by atoms with E-state index >= 15 is 0 Å². The number of benzene rings is 1. The van der Waals surface area contributed by atoms with E-state index in [4.69, 9.17) is 0 Å². The molecule has 0 bridgehead atoms. The fraction of sp³-hybridized carbons (Fsp3) is 0.353. The minimum absolute atomic E-state index is 0.415. The minimum Gasteiger partial charge on any atom is -0.342 e. The van der Waals surface area contributed by atoms with Gasteiger partial charge in [0.15, 0.2) is 0 Å². The molecule has 2 aromatic heterocycles. The molecule has 0 saturated carbocycles. The Balaban J connectivity index is 2.06. The third-order valence-corrected chi connectivity index (χ3v) is 5.46. The van der Waals surface area contributed by atoms with Crippen LogP contribution < -0.4 is 0 Å². The van der Waals surface area contributed by atoms with Crippen molar-refractivity contribution in [1.29, 1.82) is 0 Å². The van der Waals surface area contributed by atoms with Gasteiger partial charge < -0.3 is 9.13 Å². The summed E-state index contributed by atoms with van der Waals surface area (Å²) in [5.41, 5.74) is 5.77. The third kappa shape index (κ3) is 2.19. The van der Waals surface area contributed by atoms with Crippen molar-refractivity contribution in [2.75, 3.05) is 0 Å². The van der Waals surface area contributed by atoms with Crippen LogP contribution in [0.3, 0.4) is 0 Å². The third-order valence-electron chi connectivity index (χ3n) is 4.82. The summed E-state index contributed by atoms with van der Waals surface area (Å²) in [6.45, 7) is 4.70. The van der Waals surface area contributed by atoms with Gasteiger partial charge in [-0.2, -0.15) is 8.42 Å². The summed E-state index contributed by atoms with van der Waals surface area (Å²) in [4.78, 5) is 4.42. The van der Waals surface area contributed by atoms with Crippen LogP contribution in [-0.2, 0) is 35.9 Å². The maximum absolute atomic E-state index is 11.4. The van der Waals surface area contributed by atoms with Gasteiger partial charge in [-0.15, -0.1) is 0 Å². The van der Waals surface area contributed by atoms with Crippen LogP contribution in [0.25, 0.3) is 22.3 Å². The lowest BCUT2D eigenvalue weighted by Crippen LogP contribution is -2.14. The molecule has 0 amide bonds. The number of aryl methyl sites for hydroxylation is 4. The van der Waals surface area contributed by atoms with Gasteiger partial charge in [0.2, 0.25) is 0 Å². The molecule has 3 heterocycles. The van der Waals surface area contributed by atoms with Crippen LogP contribution in [0.2, 0.25) is 0 Å². The van der Waals surface area contributed by atoms with Crippen molar-refractivity contribution >= 4 is 21.0 Å². The Labute approximate surface area is 140 Å². The fourth-order valence-electron chi connectivity index (χ4n) is 3.85. The second-order valence-corrected chi connectivity index (χ2v) is 7.94. The molecule has 1 N–H and O–H groups in total. The van der Waals surface area contributed by atoms with Crippen molar-refractivity contribution in [1.82, 2.24) is 14.1 Å². The van der Waals surface area contributed by atoms with E-state index in [1.807, 2.05) is 14.0 Å². The van der Waals surface area contributed by atoms with E-state index in [2.05, 4.69) is 39.2 Å². The minimum atomic E-state index is -4.13. The highest BCUT2D eigenvalue weighted by atomic mass is 32.2. The smallest absolute Gasteiger partial charge is 0.270 e. The van der Waals surface area contributed by atoms with Gasteiger partial charge in [-0.1, -0.05) is 11.6 Å². The molecule has 7 heteroatoms. The highest BCUT2D eigenvalue weighted by Crippen LogP contribution is 2.39. The molecule has 1 aliphatic heterocycles. The monoisotopic (exact) mass is 345 g/mol. The van der Waals surface area contributed by atoms with Gasteiger partial charge >= 0.3 is 0 Å². The molecule has 6 nitrogen and oxygen atoms in total. The molecular formula is C17H19N3O3S. The SMILES string of the molecule is Cc1ccc2c(c1)c1c(n2C)-c2c(CS(=O)(=O)O)nc(C)n2CC1. The summed E-state index contributed by atoms with van der Waals surface area (Å²) in [7, 11) is -2.14. The topological polar surface area (TPSA) is 77.1 Å². The molecule has 0 atom stereocenters. The number of hydrogen-bond acceptors (Lipinski definition) is 3. The maximum atomic E-state index is 11.4. The summed E-state index contributed by atoms with van der Waals surface area (Å²) in [5.74, 6) is 0.312. The Morgan fingerprint density at radius 3 is 2.71 bits per heavy atom. The lowest BCUT2D eigenvalue weighted by Gasteiger charge is -2.19. The maximum Gasteiger partial charge on any atom is 0.270 e. The number of fused-ring (bicyclic) bond motifs is 5. The number of imidazole rings is 1. The lowest BCUT2D eigenvalue weighted by atomic mass is 10.0. The molecule has 0 spiro atoms. The van der Waals surface area contributed by atoms with Crippen LogP contribution in [0.4, 0.5) is 0 Å². The molecular weight excluding hydrogens is 326 g/mol. The number of rotatable bonds is 2. The molecule has 1 aliphatic rings. The van der Waals surface area contributed by atoms with Gasteiger partial charge in [0.05, 0.1) is 17.1 Å². The second kappa shape index (κ2) is 4.94. The predicted octanol–water partition coefficient (Wildman–Crippen LogP) is 2.60. The van der Waals surface area contributed by atoms with Gasteiger partial charge in [-0.05, 0) is 38.0 Å². The molecule has 0 aliphatic carbocycles. The van der Waals surface area contributed by atoms with Crippen LogP contribution in [0.1, 0.15) is 22.6 Å². The molecule has 0 saturated heterocycles. The molecule has 3 aromatic rings. The first-order valence-electron chi connectivity index (χ1n) is 7.85. The van der Waals surface area contributed by atoms with Crippen molar-refractivity contribution < 1.29 is 13.0 Å². The Morgan fingerprint density at radius 2 is 2.00 bits per heavy atom. The summed E-state index contributed by atoms with van der Waals surface area (Å²) < 4.78 is 36.3. The molecule has 4 rings (SSSR count). The van der Waals surface area contributed by atoms with E-state index < -0.39 is 15.9 Å². The first-order valence-corrected chi connectivity index (χ1v) is 9.46. The van der Waals surface area contributed by atoms with Crippen molar-refractivity contribution in [3.8, 4) is 11.4 Å². The summed E-state index contributed by atoms with van der Waals surface area (Å²) >= 11 is 0. The van der Waals surface area contributed by atoms with E-state index in [0.29, 0.717) is 5.69 Å². The Kier molecular flexibility index (Phi) is 3.17. The zero-order valence-electron chi connectivity index (χ0n) is 13.9. The van der Waals surface area contributed by atoms with Crippen molar-refractivity contribution in [2.24, 2.45) is 7.05 Å². The summed E-state index contributed by atoms with van der Waals surface area (Å²) in [5, 5.41) is 1.20. The summed E-state index contributed by atoms with van der Waals surface area (Å²) in [6.07, 6.45) is 0.881. The zero-order valence-corrected chi connectivity index (χ0v) is 14.7. The largest absolute Gasteiger partial charge is 0.342 e. The van der Waals surface area contributed by atoms with Gasteiger partial charge in [-0.25, -0.2) is 4.98 Å². The molecule has 24 heavy (non-hydrogen) atoms. The van der Waals surface area contributed by atoms with Crippen molar-refractivity contribution in [3.05, 3.63) is 40.8 Å². The lowest BCUT2D eigenvalue weighted by molar-refractivity contribution is 0.481. The molecule has 0 radical (unpaired) electrons. The van der Waals surface area contributed by atoms with Gasteiger partial charge in [0.1, 0.15) is 11.6 Å². The van der Waals surface area contributed by atoms with Crippen LogP contribution in [-0.4, -0.2) is 27.1 Å². The fourth-order valence-corrected chi connectivity index (χ4v) is 4.40. The first-order chi connectivity index (χ1) is 11.3.